The first kappa shape index (κ1) is 95.1. The maximum atomic E-state index is 13.1. The quantitative estimate of drug-likeness (QED) is 0.0222. The summed E-state index contributed by atoms with van der Waals surface area (Å²) < 4.78 is 68.6. The predicted octanol–water partition coefficient (Wildman–Crippen LogP) is 23.1. The molecule has 0 radical (unpaired) electrons. The summed E-state index contributed by atoms with van der Waals surface area (Å²) in [5.74, 6) is -0.473. The van der Waals surface area contributed by atoms with E-state index in [9.17, 15) is 43.2 Å². The summed E-state index contributed by atoms with van der Waals surface area (Å²) in [6, 6.07) is 0. The monoisotopic (exact) mass is 1420 g/mol. The maximum Gasteiger partial charge on any atom is 0.472 e. The number of aliphatic hydroxyl groups is 1. The lowest BCUT2D eigenvalue weighted by Crippen LogP contribution is -2.30. The minimum atomic E-state index is -4.96. The second-order valence-corrected chi connectivity index (χ2v) is 31.7. The highest BCUT2D eigenvalue weighted by Crippen LogP contribution is 2.45. The molecule has 0 aromatic rings. The third kappa shape index (κ3) is 70.9. The summed E-state index contributed by atoms with van der Waals surface area (Å²) in [6.45, 7) is 9.69. The molecule has 0 rings (SSSR count). The number of unbranched alkanes of at least 4 members (excludes halogenated alkanes) is 46. The van der Waals surface area contributed by atoms with Crippen molar-refractivity contribution in [3.63, 3.8) is 0 Å². The molecule has 0 aliphatic rings. The molecule has 0 saturated carbocycles. The van der Waals surface area contributed by atoms with E-state index >= 15 is 0 Å². The fraction of sp³-hybridized carbons (Fsp3) is 0.949. The van der Waals surface area contributed by atoms with Crippen LogP contribution in [0.5, 0.6) is 0 Å². The van der Waals surface area contributed by atoms with Crippen LogP contribution in [0.4, 0.5) is 0 Å². The summed E-state index contributed by atoms with van der Waals surface area (Å²) in [6.07, 6.45) is 58.0. The Morgan fingerprint density at radius 3 is 0.784 bits per heavy atom. The van der Waals surface area contributed by atoms with Crippen molar-refractivity contribution >= 4 is 39.5 Å². The molecule has 0 amide bonds. The van der Waals surface area contributed by atoms with Gasteiger partial charge >= 0.3 is 39.5 Å². The molecule has 6 atom stereocenters. The summed E-state index contributed by atoms with van der Waals surface area (Å²) in [5.41, 5.74) is 0. The van der Waals surface area contributed by atoms with Gasteiger partial charge in [-0.2, -0.15) is 0 Å². The van der Waals surface area contributed by atoms with Gasteiger partial charge in [0.05, 0.1) is 26.4 Å². The molecule has 0 saturated heterocycles. The van der Waals surface area contributed by atoms with Crippen molar-refractivity contribution in [2.75, 3.05) is 39.6 Å². The predicted molar refractivity (Wildman–Crippen MR) is 395 cm³/mol. The largest absolute Gasteiger partial charge is 0.472 e. The van der Waals surface area contributed by atoms with Crippen molar-refractivity contribution < 1.29 is 80.2 Å². The molecule has 3 unspecified atom stereocenters. The van der Waals surface area contributed by atoms with Gasteiger partial charge in [0.1, 0.15) is 19.3 Å². The molecule has 576 valence electrons. The fourth-order valence-electron chi connectivity index (χ4n) is 12.0. The van der Waals surface area contributed by atoms with Gasteiger partial charge in [0.25, 0.3) is 0 Å². The number of phosphoric acid groups is 2. The average molecular weight is 1420 g/mol. The van der Waals surface area contributed by atoms with Crippen LogP contribution in [-0.2, 0) is 65.4 Å². The van der Waals surface area contributed by atoms with Gasteiger partial charge in [-0.05, 0) is 37.5 Å². The molecule has 3 N–H and O–H groups in total. The number of hydrogen-bond donors (Lipinski definition) is 3. The zero-order valence-electron chi connectivity index (χ0n) is 63.4. The van der Waals surface area contributed by atoms with Gasteiger partial charge in [-0.1, -0.05) is 356 Å². The first-order valence-electron chi connectivity index (χ1n) is 40.5. The second-order valence-electron chi connectivity index (χ2n) is 28.8. The van der Waals surface area contributed by atoms with Crippen molar-refractivity contribution in [2.24, 2.45) is 11.8 Å². The topological polar surface area (TPSA) is 237 Å². The van der Waals surface area contributed by atoms with Crippen LogP contribution in [0.2, 0.25) is 0 Å². The maximum absolute atomic E-state index is 13.1. The zero-order chi connectivity index (χ0) is 71.4. The molecule has 0 spiro atoms. The normalized spacial score (nSPS) is 14.2. The minimum Gasteiger partial charge on any atom is -0.462 e. The first-order valence-corrected chi connectivity index (χ1v) is 43.5. The van der Waals surface area contributed by atoms with Gasteiger partial charge in [-0.15, -0.1) is 0 Å². The number of phosphoric ester groups is 2. The Bertz CT molecular complexity index is 1870. The Balaban J connectivity index is 5.25. The molecule has 0 heterocycles. The molecule has 0 fully saturated rings. The Morgan fingerprint density at radius 2 is 0.526 bits per heavy atom. The number of rotatable bonds is 77. The van der Waals surface area contributed by atoms with Crippen LogP contribution in [-0.4, -0.2) is 96.7 Å². The number of ether oxygens (including phenoxy) is 4. The van der Waals surface area contributed by atoms with Crippen molar-refractivity contribution in [3.05, 3.63) is 0 Å². The standard InChI is InChI=1S/C78H152O17P2/c1-7-10-12-14-16-18-20-31-38-44-50-56-62-77(82)94-73(66-88-75(80)60-54-48-42-36-28-19-17-15-13-11-8-2)68-92-96(84,85)90-64-72(79)65-91-97(86,87)93-69-74(67-89-76(81)61-55-49-43-37-32-27-23-24-29-34-40-46-52-58-70(4)5)95-78(83)63-57-51-45-39-33-26-22-21-25-30-35-41-47-53-59-71(6)9-3/h70-74,79H,7-69H2,1-6H3,(H,84,85)(H,86,87)/t71?,72-,73+,74+/m0/s1. The van der Waals surface area contributed by atoms with E-state index in [1.807, 2.05) is 0 Å². The molecule has 17 nitrogen and oxygen atoms in total. The van der Waals surface area contributed by atoms with Crippen LogP contribution in [0.1, 0.15) is 408 Å². The minimum absolute atomic E-state index is 0.108. The van der Waals surface area contributed by atoms with Gasteiger partial charge < -0.3 is 33.8 Å². The Hall–Kier alpha value is -1.94. The Kier molecular flexibility index (Phi) is 68.4. The van der Waals surface area contributed by atoms with Crippen LogP contribution < -0.4 is 0 Å². The SMILES string of the molecule is CCCCCCCCCCCCCCC(=O)O[C@H](COC(=O)CCCCCCCCCCCCC)COP(=O)(O)OC[C@H](O)COP(=O)(O)OC[C@@H](COC(=O)CCCCCCCCCCCCCCCC(C)C)OC(=O)CCCCCCCCCCCCCCCCC(C)CC. The van der Waals surface area contributed by atoms with Crippen molar-refractivity contribution in [1.29, 1.82) is 0 Å². The molecule has 0 bridgehead atoms. The van der Waals surface area contributed by atoms with E-state index in [1.165, 1.54) is 225 Å². The van der Waals surface area contributed by atoms with Gasteiger partial charge in [0, 0.05) is 25.7 Å². The smallest absolute Gasteiger partial charge is 0.462 e. The third-order valence-electron chi connectivity index (χ3n) is 18.6. The van der Waals surface area contributed by atoms with Crippen molar-refractivity contribution in [2.45, 2.75) is 426 Å². The average Bonchev–Trinajstić information content (AvgIpc) is 1.28. The van der Waals surface area contributed by atoms with Gasteiger partial charge in [-0.3, -0.25) is 37.3 Å². The molecule has 0 aliphatic carbocycles. The summed E-state index contributed by atoms with van der Waals surface area (Å²) in [5, 5.41) is 10.6. The van der Waals surface area contributed by atoms with Gasteiger partial charge in [0.2, 0.25) is 0 Å². The third-order valence-corrected chi connectivity index (χ3v) is 20.5. The zero-order valence-corrected chi connectivity index (χ0v) is 65.2. The molecule has 0 aliphatic heterocycles. The summed E-state index contributed by atoms with van der Waals surface area (Å²) in [4.78, 5) is 72.9. The molecule has 19 heteroatoms. The lowest BCUT2D eigenvalue weighted by molar-refractivity contribution is -0.161. The van der Waals surface area contributed by atoms with Crippen LogP contribution >= 0.6 is 15.6 Å². The van der Waals surface area contributed by atoms with E-state index in [0.29, 0.717) is 25.7 Å². The second kappa shape index (κ2) is 69.8. The van der Waals surface area contributed by atoms with Crippen LogP contribution in [0.3, 0.4) is 0 Å². The summed E-state index contributed by atoms with van der Waals surface area (Å²) in [7, 11) is -9.91. The van der Waals surface area contributed by atoms with Crippen LogP contribution in [0.15, 0.2) is 0 Å². The molecular formula is C78H152O17P2. The van der Waals surface area contributed by atoms with E-state index in [4.69, 9.17) is 37.0 Å². The Labute approximate surface area is 594 Å². The Morgan fingerprint density at radius 1 is 0.299 bits per heavy atom. The lowest BCUT2D eigenvalue weighted by atomic mass is 9.99. The number of esters is 4. The lowest BCUT2D eigenvalue weighted by Gasteiger charge is -2.21. The highest BCUT2D eigenvalue weighted by Gasteiger charge is 2.30. The van der Waals surface area contributed by atoms with E-state index < -0.39 is 97.5 Å². The van der Waals surface area contributed by atoms with Crippen molar-refractivity contribution in [3.8, 4) is 0 Å². The highest BCUT2D eigenvalue weighted by molar-refractivity contribution is 7.47. The number of hydrogen-bond acceptors (Lipinski definition) is 15. The van der Waals surface area contributed by atoms with Gasteiger partial charge in [-0.25, -0.2) is 9.13 Å². The number of aliphatic hydroxyl groups excluding tert-OH is 1. The number of carbonyl (C=O) groups excluding carboxylic acids is 4. The molecule has 0 aromatic carbocycles. The van der Waals surface area contributed by atoms with E-state index in [1.54, 1.807) is 0 Å². The van der Waals surface area contributed by atoms with Crippen LogP contribution in [0, 0.1) is 11.8 Å². The van der Waals surface area contributed by atoms with E-state index in [-0.39, 0.29) is 25.7 Å². The molecule has 97 heavy (non-hydrogen) atoms. The molecule has 0 aromatic heterocycles. The summed E-state index contributed by atoms with van der Waals surface area (Å²) >= 11 is 0. The van der Waals surface area contributed by atoms with E-state index in [0.717, 1.165) is 102 Å². The molecular weight excluding hydrogens is 1270 g/mol. The van der Waals surface area contributed by atoms with Gasteiger partial charge in [0.15, 0.2) is 12.2 Å². The first-order chi connectivity index (χ1) is 46.9. The highest BCUT2D eigenvalue weighted by atomic mass is 31.2. The van der Waals surface area contributed by atoms with Crippen molar-refractivity contribution in [1.82, 2.24) is 0 Å². The number of carbonyl (C=O) groups is 4. The van der Waals surface area contributed by atoms with E-state index in [2.05, 4.69) is 41.5 Å². The van der Waals surface area contributed by atoms with Crippen LogP contribution in [0.25, 0.3) is 0 Å². The fourth-order valence-corrected chi connectivity index (χ4v) is 13.6.